The molecule has 7 atom stereocenters. The molecule has 0 aliphatic carbocycles. The number of aliphatic hydroxyl groups excluding tert-OH is 2. The molecule has 20 heteroatoms. The topological polar surface area (TPSA) is 265 Å². The van der Waals surface area contributed by atoms with Crippen LogP contribution in [0, 0.1) is 0 Å². The van der Waals surface area contributed by atoms with Crippen LogP contribution in [0.3, 0.4) is 0 Å². The number of nitrogens with two attached hydrogens (primary N) is 1. The zero-order valence-electron chi connectivity index (χ0n) is 41.6. The van der Waals surface area contributed by atoms with Crippen LogP contribution in [0.15, 0.2) is 77.8 Å². The van der Waals surface area contributed by atoms with Gasteiger partial charge in [0.05, 0.1) is 13.2 Å². The van der Waals surface area contributed by atoms with Gasteiger partial charge in [-0.05, 0) is 63.9 Å². The highest BCUT2D eigenvalue weighted by atomic mass is 31.3. The molecule has 70 heavy (non-hydrogen) atoms. The highest BCUT2D eigenvalue weighted by Crippen LogP contribution is 2.60. The van der Waals surface area contributed by atoms with E-state index >= 15 is 0 Å². The summed E-state index contributed by atoms with van der Waals surface area (Å²) < 4.78 is 56.7. The summed E-state index contributed by atoms with van der Waals surface area (Å²) in [6.07, 6.45) is 37.3. The Kier molecular flexibility index (Phi) is 34.1. The van der Waals surface area contributed by atoms with Crippen LogP contribution in [0.1, 0.15) is 174 Å². The van der Waals surface area contributed by atoms with Gasteiger partial charge in [-0.3, -0.25) is 23.2 Å². The number of carbonyl (C=O) groups excluding carboxylic acids is 2. The van der Waals surface area contributed by atoms with Crippen LogP contribution in [0.25, 0.3) is 0 Å². The van der Waals surface area contributed by atoms with Crippen LogP contribution in [-0.4, -0.2) is 85.7 Å². The number of unbranched alkanes of at least 4 members (excludes halogenated alkanes) is 15. The number of anilines is 1. The molecule has 18 nitrogen and oxygen atoms in total. The third kappa shape index (κ3) is 30.4. The number of rotatable bonds is 41. The number of aromatic nitrogens is 2. The van der Waals surface area contributed by atoms with E-state index in [1.807, 2.05) is 0 Å². The zero-order chi connectivity index (χ0) is 51.3. The monoisotopic (exact) mass is 1030 g/mol. The van der Waals surface area contributed by atoms with Gasteiger partial charge in [-0.15, -0.1) is 0 Å². The van der Waals surface area contributed by atoms with E-state index in [1.165, 1.54) is 57.4 Å². The molecule has 3 unspecified atom stereocenters. The lowest BCUT2D eigenvalue weighted by atomic mass is 10.0. The van der Waals surface area contributed by atoms with Crippen LogP contribution in [0.5, 0.6) is 0 Å². The second-order valence-corrected chi connectivity index (χ2v) is 20.3. The molecule has 0 aromatic carbocycles. The molecule has 1 aromatic heterocycles. The largest absolute Gasteiger partial charge is 0.481 e. The van der Waals surface area contributed by atoms with Crippen molar-refractivity contribution in [3.05, 3.63) is 83.5 Å². The lowest BCUT2D eigenvalue weighted by molar-refractivity contribution is -0.161. The third-order valence-corrected chi connectivity index (χ3v) is 13.7. The maximum Gasteiger partial charge on any atom is 0.481 e. The normalized spacial score (nSPS) is 19.7. The van der Waals surface area contributed by atoms with Crippen molar-refractivity contribution in [3.8, 4) is 0 Å². The van der Waals surface area contributed by atoms with Crippen molar-refractivity contribution in [2.75, 3.05) is 25.6 Å². The van der Waals surface area contributed by atoms with Crippen LogP contribution >= 0.6 is 15.6 Å². The summed E-state index contributed by atoms with van der Waals surface area (Å²) in [5.74, 6) is -1.33. The number of allylic oxidation sites excluding steroid dienone is 10. The van der Waals surface area contributed by atoms with Crippen molar-refractivity contribution in [1.82, 2.24) is 9.55 Å². The van der Waals surface area contributed by atoms with Crippen LogP contribution in [0.2, 0.25) is 0 Å². The first kappa shape index (κ1) is 62.6. The van der Waals surface area contributed by atoms with Gasteiger partial charge in [-0.2, -0.15) is 9.29 Å². The number of nitrogen functional groups attached to an aromatic ring is 1. The Balaban J connectivity index is 1.82. The summed E-state index contributed by atoms with van der Waals surface area (Å²) in [6, 6.07) is 1.25. The predicted octanol–water partition coefficient (Wildman–Crippen LogP) is 10.3. The second kappa shape index (κ2) is 38.1. The van der Waals surface area contributed by atoms with E-state index in [2.05, 4.69) is 83.9 Å². The summed E-state index contributed by atoms with van der Waals surface area (Å²) in [7, 11) is -10.9. The Morgan fingerprint density at radius 2 is 1.20 bits per heavy atom. The van der Waals surface area contributed by atoms with Crippen molar-refractivity contribution in [2.45, 2.75) is 199 Å². The average molecular weight is 1030 g/mol. The Hall–Kier alpha value is -3.54. The fourth-order valence-corrected chi connectivity index (χ4v) is 9.33. The smallest absolute Gasteiger partial charge is 0.462 e. The first-order chi connectivity index (χ1) is 33.7. The quantitative estimate of drug-likeness (QED) is 0.0177. The molecule has 0 spiro atoms. The molecule has 0 radical (unpaired) electrons. The lowest BCUT2D eigenvalue weighted by Gasteiger charge is -2.21. The molecule has 398 valence electrons. The summed E-state index contributed by atoms with van der Waals surface area (Å²) in [5.41, 5.74) is 4.58. The molecule has 0 amide bonds. The van der Waals surface area contributed by atoms with Crippen molar-refractivity contribution in [2.24, 2.45) is 0 Å². The first-order valence-corrected chi connectivity index (χ1v) is 28.3. The molecule has 1 aliphatic heterocycles. The number of phosphoric ester groups is 2. The van der Waals surface area contributed by atoms with E-state index in [1.54, 1.807) is 0 Å². The van der Waals surface area contributed by atoms with E-state index in [4.69, 9.17) is 29.0 Å². The van der Waals surface area contributed by atoms with Crippen LogP contribution in [0.4, 0.5) is 5.82 Å². The summed E-state index contributed by atoms with van der Waals surface area (Å²) in [5, 5.41) is 20.9. The predicted molar refractivity (Wildman–Crippen MR) is 270 cm³/mol. The molecule has 0 saturated carbocycles. The molecule has 1 aliphatic rings. The highest BCUT2D eigenvalue weighted by molar-refractivity contribution is 7.61. The Bertz CT molecular complexity index is 1910. The van der Waals surface area contributed by atoms with Gasteiger partial charge in [0.1, 0.15) is 30.7 Å². The number of aliphatic hydroxyl groups is 2. The minimum atomic E-state index is -5.43. The molecule has 2 rings (SSSR count). The molecule has 2 heterocycles. The minimum Gasteiger partial charge on any atom is -0.462 e. The lowest BCUT2D eigenvalue weighted by Crippen LogP contribution is -2.36. The number of phosphoric acid groups is 2. The molecular weight excluding hydrogens is 945 g/mol. The molecular formula is C50H83N3O15P2. The number of carbonyl (C=O) groups is 2. The summed E-state index contributed by atoms with van der Waals surface area (Å²) in [6.45, 7) is 2.01. The summed E-state index contributed by atoms with van der Waals surface area (Å²) >= 11 is 0. The Morgan fingerprint density at radius 3 is 1.76 bits per heavy atom. The van der Waals surface area contributed by atoms with Gasteiger partial charge in [0.25, 0.3) is 0 Å². The number of nitrogens with zero attached hydrogens (tertiary/aromatic N) is 2. The Morgan fingerprint density at radius 1 is 0.700 bits per heavy atom. The fraction of sp³-hybridized carbons (Fsp3) is 0.680. The van der Waals surface area contributed by atoms with E-state index in [9.17, 15) is 43.5 Å². The van der Waals surface area contributed by atoms with Crippen LogP contribution < -0.4 is 11.4 Å². The van der Waals surface area contributed by atoms with E-state index in [0.29, 0.717) is 12.8 Å². The van der Waals surface area contributed by atoms with E-state index in [-0.39, 0.29) is 18.7 Å². The van der Waals surface area contributed by atoms with Gasteiger partial charge in [0.15, 0.2) is 12.3 Å². The van der Waals surface area contributed by atoms with Gasteiger partial charge in [0, 0.05) is 19.0 Å². The van der Waals surface area contributed by atoms with Crippen molar-refractivity contribution < 1.29 is 66.3 Å². The molecule has 6 N–H and O–H groups in total. The maximum absolute atomic E-state index is 12.9. The fourth-order valence-electron chi connectivity index (χ4n) is 7.22. The SMILES string of the molecule is CC/C=C\C/C=C\C/C=C\C/C=C\C/C=C\CCCCCC(=O)O[C@H](COC(=O)CCCCCCCCCCCCCCC)COP(=O)(O)OP(=O)(O)OC[C@H]1O[C@@H](n2ccc(N)nc2=O)C(O)[C@H]1O. The minimum absolute atomic E-state index is 0.0101. The van der Waals surface area contributed by atoms with E-state index in [0.717, 1.165) is 87.8 Å². The van der Waals surface area contributed by atoms with Gasteiger partial charge >= 0.3 is 33.3 Å². The van der Waals surface area contributed by atoms with Gasteiger partial charge in [-0.25, -0.2) is 13.9 Å². The number of ether oxygens (including phenoxy) is 3. The third-order valence-electron chi connectivity index (χ3n) is 11.1. The number of hydrogen-bond donors (Lipinski definition) is 5. The van der Waals surface area contributed by atoms with Gasteiger partial charge in [0.2, 0.25) is 0 Å². The van der Waals surface area contributed by atoms with E-state index < -0.39 is 83.7 Å². The van der Waals surface area contributed by atoms with Gasteiger partial charge < -0.3 is 39.9 Å². The van der Waals surface area contributed by atoms with Crippen LogP contribution in [-0.2, 0) is 46.3 Å². The summed E-state index contributed by atoms with van der Waals surface area (Å²) in [4.78, 5) is 61.9. The molecule has 1 saturated heterocycles. The average Bonchev–Trinajstić information content (AvgIpc) is 3.59. The second-order valence-electron chi connectivity index (χ2n) is 17.3. The number of esters is 2. The molecule has 0 bridgehead atoms. The van der Waals surface area contributed by atoms with Crippen molar-refractivity contribution in [3.63, 3.8) is 0 Å². The maximum atomic E-state index is 12.9. The standard InChI is InChI=1S/C50H83N3O15P2/c1-3-5-7-9-11-13-15-17-18-19-20-21-22-24-26-28-30-32-34-36-46(55)66-42(39-63-45(54)35-33-31-29-27-25-23-16-14-12-10-8-6-4-2)40-64-69(59,60)68-70(61,62)65-41-43-47(56)48(57)49(67-43)53-38-37-44(51)52-50(53)58/h5,7,11,13,17-18,20-21,24,26,37-38,42-43,47-49,56-57H,3-4,6,8-10,12,14-16,19,22-23,25,27-36,39-41H2,1-2H3,(H,59,60)(H,61,62)(H2,51,52,58)/b7-5-,13-11-,18-17-,21-20-,26-24-/t42-,43-,47+,48?,49-/m1/s1. The van der Waals surface area contributed by atoms with Crippen molar-refractivity contribution in [1.29, 1.82) is 0 Å². The first-order valence-electron chi connectivity index (χ1n) is 25.3. The Labute approximate surface area is 415 Å². The molecule has 1 aromatic rings. The van der Waals surface area contributed by atoms with Gasteiger partial charge in [-0.1, -0.05) is 158 Å². The zero-order valence-corrected chi connectivity index (χ0v) is 43.3. The van der Waals surface area contributed by atoms with Crippen molar-refractivity contribution >= 4 is 33.4 Å². The highest BCUT2D eigenvalue weighted by Gasteiger charge is 2.46. The molecule has 1 fully saturated rings. The number of hydrogen-bond acceptors (Lipinski definition) is 15.